The van der Waals surface area contributed by atoms with Gasteiger partial charge in [-0.2, -0.15) is 0 Å². The third-order valence-electron chi connectivity index (χ3n) is 2.68. The molecule has 0 fully saturated rings. The van der Waals surface area contributed by atoms with Crippen LogP contribution in [0.4, 0.5) is 0 Å². The molecule has 6 heteroatoms. The summed E-state index contributed by atoms with van der Waals surface area (Å²) in [5.74, 6) is 0. The number of thiophene rings is 1. The van der Waals surface area contributed by atoms with Crippen LogP contribution in [0.2, 0.25) is 0 Å². The summed E-state index contributed by atoms with van der Waals surface area (Å²) in [5.41, 5.74) is 1.02. The third kappa shape index (κ3) is 6.03. The fourth-order valence-corrected chi connectivity index (χ4v) is 3.89. The van der Waals surface area contributed by atoms with Gasteiger partial charge in [-0.1, -0.05) is 33.6 Å². The first-order chi connectivity index (χ1) is 8.95. The van der Waals surface area contributed by atoms with Gasteiger partial charge in [0.05, 0.1) is 0 Å². The Morgan fingerprint density at radius 1 is 1.32 bits per heavy atom. The Labute approximate surface area is 120 Å². The molecule has 2 N–H and O–H groups in total. The summed E-state index contributed by atoms with van der Waals surface area (Å²) in [6.45, 7) is 7.47. The molecule has 0 aliphatic rings. The SMILES string of the molecule is CCCCCNS(=O)(=O)c1cc(CNC(C)C)cs1. The van der Waals surface area contributed by atoms with Gasteiger partial charge in [-0.05, 0) is 23.4 Å². The highest BCUT2D eigenvalue weighted by molar-refractivity contribution is 7.91. The molecule has 0 bridgehead atoms. The lowest BCUT2D eigenvalue weighted by Gasteiger charge is -2.06. The van der Waals surface area contributed by atoms with Crippen molar-refractivity contribution in [3.8, 4) is 0 Å². The molecule has 1 aromatic rings. The average molecular weight is 304 g/mol. The second-order valence-corrected chi connectivity index (χ2v) is 7.82. The van der Waals surface area contributed by atoms with Crippen LogP contribution in [0.1, 0.15) is 45.6 Å². The topological polar surface area (TPSA) is 58.2 Å². The standard InChI is InChI=1S/C13H24N2O2S2/c1-4-5-6-7-15-19(16,17)13-8-12(10-18-13)9-14-11(2)3/h8,10-11,14-15H,4-7,9H2,1-3H3. The van der Waals surface area contributed by atoms with E-state index in [-0.39, 0.29) is 0 Å². The van der Waals surface area contributed by atoms with E-state index in [1.54, 1.807) is 6.07 Å². The number of nitrogens with one attached hydrogen (secondary N) is 2. The van der Waals surface area contributed by atoms with Gasteiger partial charge in [0.1, 0.15) is 4.21 Å². The van der Waals surface area contributed by atoms with E-state index < -0.39 is 10.0 Å². The normalized spacial score (nSPS) is 12.2. The van der Waals surface area contributed by atoms with Crippen LogP contribution < -0.4 is 10.0 Å². The predicted octanol–water partition coefficient (Wildman–Crippen LogP) is 2.71. The zero-order valence-electron chi connectivity index (χ0n) is 11.9. The average Bonchev–Trinajstić information content (AvgIpc) is 2.82. The van der Waals surface area contributed by atoms with Crippen LogP contribution in [0, 0.1) is 0 Å². The zero-order valence-corrected chi connectivity index (χ0v) is 13.5. The molecule has 0 unspecified atom stereocenters. The van der Waals surface area contributed by atoms with E-state index in [9.17, 15) is 8.42 Å². The highest BCUT2D eigenvalue weighted by atomic mass is 32.2. The molecular weight excluding hydrogens is 280 g/mol. The molecule has 0 radical (unpaired) electrons. The van der Waals surface area contributed by atoms with Gasteiger partial charge < -0.3 is 5.32 Å². The van der Waals surface area contributed by atoms with E-state index in [1.807, 2.05) is 5.38 Å². The van der Waals surface area contributed by atoms with E-state index in [0.29, 0.717) is 23.3 Å². The van der Waals surface area contributed by atoms with Gasteiger partial charge in [0.2, 0.25) is 10.0 Å². The molecule has 110 valence electrons. The van der Waals surface area contributed by atoms with Crippen molar-refractivity contribution in [2.45, 2.75) is 56.8 Å². The van der Waals surface area contributed by atoms with Crippen LogP contribution in [0.25, 0.3) is 0 Å². The molecule has 0 aromatic carbocycles. The quantitative estimate of drug-likeness (QED) is 0.690. The van der Waals surface area contributed by atoms with Crippen molar-refractivity contribution in [2.75, 3.05) is 6.54 Å². The molecule has 0 saturated heterocycles. The largest absolute Gasteiger partial charge is 0.310 e. The third-order valence-corrected chi connectivity index (χ3v) is 5.63. The number of hydrogen-bond acceptors (Lipinski definition) is 4. The Kier molecular flexibility index (Phi) is 6.99. The summed E-state index contributed by atoms with van der Waals surface area (Å²) >= 11 is 1.28. The molecule has 19 heavy (non-hydrogen) atoms. The highest BCUT2D eigenvalue weighted by Crippen LogP contribution is 2.20. The minimum absolute atomic E-state index is 0.395. The summed E-state index contributed by atoms with van der Waals surface area (Å²) in [4.78, 5) is 0. The first kappa shape index (κ1) is 16.6. The van der Waals surface area contributed by atoms with Gasteiger partial charge in [0.15, 0.2) is 0 Å². The van der Waals surface area contributed by atoms with E-state index in [2.05, 4.69) is 30.8 Å². The van der Waals surface area contributed by atoms with Crippen molar-refractivity contribution in [1.29, 1.82) is 0 Å². The van der Waals surface area contributed by atoms with Crippen LogP contribution in [-0.4, -0.2) is 21.0 Å². The van der Waals surface area contributed by atoms with E-state index in [1.165, 1.54) is 11.3 Å². The minimum Gasteiger partial charge on any atom is -0.310 e. The Hall–Kier alpha value is -0.430. The highest BCUT2D eigenvalue weighted by Gasteiger charge is 2.15. The molecule has 4 nitrogen and oxygen atoms in total. The van der Waals surface area contributed by atoms with Gasteiger partial charge in [-0.3, -0.25) is 0 Å². The van der Waals surface area contributed by atoms with Crippen molar-refractivity contribution in [2.24, 2.45) is 0 Å². The Morgan fingerprint density at radius 3 is 2.68 bits per heavy atom. The second kappa shape index (κ2) is 7.99. The maximum atomic E-state index is 12.0. The summed E-state index contributed by atoms with van der Waals surface area (Å²) in [6.07, 6.45) is 3.03. The van der Waals surface area contributed by atoms with Crippen molar-refractivity contribution in [1.82, 2.24) is 10.0 Å². The van der Waals surface area contributed by atoms with Gasteiger partial charge >= 0.3 is 0 Å². The molecule has 0 amide bonds. The monoisotopic (exact) mass is 304 g/mol. The fraction of sp³-hybridized carbons (Fsp3) is 0.692. The van der Waals surface area contributed by atoms with Crippen LogP contribution >= 0.6 is 11.3 Å². The second-order valence-electron chi connectivity index (χ2n) is 4.91. The van der Waals surface area contributed by atoms with Crippen molar-refractivity contribution in [3.05, 3.63) is 17.0 Å². The fourth-order valence-electron chi connectivity index (χ4n) is 1.56. The Balaban J connectivity index is 2.53. The van der Waals surface area contributed by atoms with Crippen LogP contribution in [0.3, 0.4) is 0 Å². The molecule has 0 aliphatic heterocycles. The van der Waals surface area contributed by atoms with Gasteiger partial charge in [-0.25, -0.2) is 13.1 Å². The summed E-state index contributed by atoms with van der Waals surface area (Å²) < 4.78 is 27.1. The Bertz CT molecular complexity index is 467. The van der Waals surface area contributed by atoms with E-state index in [0.717, 1.165) is 24.8 Å². The molecule has 0 spiro atoms. The smallest absolute Gasteiger partial charge is 0.250 e. The summed E-state index contributed by atoms with van der Waals surface area (Å²) in [6, 6.07) is 2.15. The molecule has 1 heterocycles. The molecule has 1 rings (SSSR count). The number of hydrogen-bond donors (Lipinski definition) is 2. The molecule has 0 saturated carbocycles. The van der Waals surface area contributed by atoms with Gasteiger partial charge in [-0.15, -0.1) is 11.3 Å². The molecular formula is C13H24N2O2S2. The number of sulfonamides is 1. The van der Waals surface area contributed by atoms with Crippen molar-refractivity contribution < 1.29 is 8.42 Å². The lowest BCUT2D eigenvalue weighted by atomic mass is 10.3. The lowest BCUT2D eigenvalue weighted by molar-refractivity contribution is 0.577. The van der Waals surface area contributed by atoms with Crippen molar-refractivity contribution in [3.63, 3.8) is 0 Å². The van der Waals surface area contributed by atoms with Crippen molar-refractivity contribution >= 4 is 21.4 Å². The van der Waals surface area contributed by atoms with E-state index in [4.69, 9.17) is 0 Å². The van der Waals surface area contributed by atoms with Gasteiger partial charge in [0.25, 0.3) is 0 Å². The van der Waals surface area contributed by atoms with Crippen LogP contribution in [-0.2, 0) is 16.6 Å². The first-order valence-corrected chi connectivity index (χ1v) is 9.12. The van der Waals surface area contributed by atoms with Crippen LogP contribution in [0.5, 0.6) is 0 Å². The minimum atomic E-state index is -3.32. The molecule has 1 aromatic heterocycles. The molecule has 0 aliphatic carbocycles. The number of rotatable bonds is 9. The summed E-state index contributed by atoms with van der Waals surface area (Å²) in [7, 11) is -3.32. The summed E-state index contributed by atoms with van der Waals surface area (Å²) in [5, 5.41) is 5.18. The number of unbranched alkanes of at least 4 members (excludes halogenated alkanes) is 2. The lowest BCUT2D eigenvalue weighted by Crippen LogP contribution is -2.24. The Morgan fingerprint density at radius 2 is 2.05 bits per heavy atom. The first-order valence-electron chi connectivity index (χ1n) is 6.76. The maximum Gasteiger partial charge on any atom is 0.250 e. The maximum absolute atomic E-state index is 12.0. The zero-order chi connectivity index (χ0) is 14.3. The predicted molar refractivity (Wildman–Crippen MR) is 81.0 cm³/mol. The van der Waals surface area contributed by atoms with Crippen LogP contribution in [0.15, 0.2) is 15.7 Å². The molecule has 0 atom stereocenters. The van der Waals surface area contributed by atoms with E-state index >= 15 is 0 Å². The van der Waals surface area contributed by atoms with Gasteiger partial charge in [0, 0.05) is 19.1 Å².